The van der Waals surface area contributed by atoms with Crippen LogP contribution in [0.3, 0.4) is 0 Å². The molecule has 118 valence electrons. The van der Waals surface area contributed by atoms with E-state index in [4.69, 9.17) is 16.3 Å². The van der Waals surface area contributed by atoms with Gasteiger partial charge in [-0.15, -0.1) is 0 Å². The third kappa shape index (κ3) is 4.58. The summed E-state index contributed by atoms with van der Waals surface area (Å²) in [6.45, 7) is 3.23. The van der Waals surface area contributed by atoms with Gasteiger partial charge in [0.2, 0.25) is 0 Å². The van der Waals surface area contributed by atoms with Gasteiger partial charge in [0.1, 0.15) is 0 Å². The van der Waals surface area contributed by atoms with Crippen molar-refractivity contribution < 1.29 is 9.84 Å². The molecule has 1 aliphatic carbocycles. The highest BCUT2D eigenvalue weighted by atomic mass is 35.5. The Kier molecular flexibility index (Phi) is 6.30. The minimum Gasteiger partial charge on any atom is -0.393 e. The summed E-state index contributed by atoms with van der Waals surface area (Å²) in [5.74, 6) is 0.565. The summed E-state index contributed by atoms with van der Waals surface area (Å²) < 4.78 is 5.04. The molecule has 0 heterocycles. The molecule has 0 atom stereocenters. The Morgan fingerprint density at radius 1 is 1.43 bits per heavy atom. The lowest BCUT2D eigenvalue weighted by Gasteiger charge is -2.36. The maximum absolute atomic E-state index is 9.41. The second-order valence-electron chi connectivity index (χ2n) is 5.79. The molecule has 0 amide bonds. The first-order chi connectivity index (χ1) is 10.1. The van der Waals surface area contributed by atoms with Gasteiger partial charge < -0.3 is 20.1 Å². The highest BCUT2D eigenvalue weighted by Crippen LogP contribution is 2.33. The Labute approximate surface area is 132 Å². The van der Waals surface area contributed by atoms with Crippen LogP contribution in [0.4, 0.5) is 5.69 Å². The van der Waals surface area contributed by atoms with Crippen molar-refractivity contribution in [1.82, 2.24) is 5.32 Å². The summed E-state index contributed by atoms with van der Waals surface area (Å²) in [7, 11) is 3.78. The van der Waals surface area contributed by atoms with E-state index in [0.717, 1.165) is 43.2 Å². The minimum absolute atomic E-state index is 0.107. The Morgan fingerprint density at radius 2 is 2.19 bits per heavy atom. The average molecular weight is 313 g/mol. The number of rotatable bonds is 8. The standard InChI is InChI=1S/C16H25ClN2O2/c1-19(11-12-8-14(20)9-12)16-13(4-3-5-15(16)17)10-18-6-7-21-2/h3-5,12,14,18,20H,6-11H2,1-2H3. The molecule has 2 N–H and O–H groups in total. The van der Waals surface area contributed by atoms with E-state index in [1.165, 1.54) is 5.56 Å². The second kappa shape index (κ2) is 7.99. The Morgan fingerprint density at radius 3 is 2.86 bits per heavy atom. The van der Waals surface area contributed by atoms with E-state index in [1.807, 2.05) is 12.1 Å². The van der Waals surface area contributed by atoms with Crippen molar-refractivity contribution in [3.8, 4) is 0 Å². The predicted molar refractivity (Wildman–Crippen MR) is 87.0 cm³/mol. The van der Waals surface area contributed by atoms with Gasteiger partial charge in [0.25, 0.3) is 0 Å². The van der Waals surface area contributed by atoms with Crippen molar-refractivity contribution >= 4 is 17.3 Å². The van der Waals surface area contributed by atoms with Gasteiger partial charge in [0.05, 0.1) is 23.4 Å². The molecule has 1 fully saturated rings. The number of halogens is 1. The number of benzene rings is 1. The molecule has 0 aromatic heterocycles. The summed E-state index contributed by atoms with van der Waals surface area (Å²) >= 11 is 6.39. The molecule has 0 saturated heterocycles. The molecule has 0 radical (unpaired) electrons. The average Bonchev–Trinajstić information content (AvgIpc) is 2.42. The fourth-order valence-electron chi connectivity index (χ4n) is 2.86. The first-order valence-corrected chi connectivity index (χ1v) is 7.86. The highest BCUT2D eigenvalue weighted by Gasteiger charge is 2.28. The van der Waals surface area contributed by atoms with Gasteiger partial charge in [0.15, 0.2) is 0 Å². The Bertz CT molecular complexity index is 450. The zero-order valence-corrected chi connectivity index (χ0v) is 13.6. The molecule has 1 aromatic rings. The van der Waals surface area contributed by atoms with Gasteiger partial charge in [0, 0.05) is 33.8 Å². The van der Waals surface area contributed by atoms with E-state index in [2.05, 4.69) is 23.3 Å². The number of aliphatic hydroxyl groups is 1. The molecule has 21 heavy (non-hydrogen) atoms. The topological polar surface area (TPSA) is 44.7 Å². The maximum Gasteiger partial charge on any atom is 0.0642 e. The van der Waals surface area contributed by atoms with E-state index >= 15 is 0 Å². The van der Waals surface area contributed by atoms with E-state index in [9.17, 15) is 5.11 Å². The molecule has 1 aromatic carbocycles. The Balaban J connectivity index is 1.98. The second-order valence-corrected chi connectivity index (χ2v) is 6.20. The highest BCUT2D eigenvalue weighted by molar-refractivity contribution is 6.33. The summed E-state index contributed by atoms with van der Waals surface area (Å²) in [6.07, 6.45) is 1.69. The number of aliphatic hydroxyl groups excluding tert-OH is 1. The van der Waals surface area contributed by atoms with Crippen molar-refractivity contribution in [3.05, 3.63) is 28.8 Å². The van der Waals surface area contributed by atoms with Gasteiger partial charge in [-0.3, -0.25) is 0 Å². The molecule has 0 bridgehead atoms. The zero-order chi connectivity index (χ0) is 15.2. The molecule has 0 aliphatic heterocycles. The number of anilines is 1. The van der Waals surface area contributed by atoms with Crippen molar-refractivity contribution in [3.63, 3.8) is 0 Å². The Hall–Kier alpha value is -0.810. The first kappa shape index (κ1) is 16.6. The van der Waals surface area contributed by atoms with Crippen LogP contribution in [-0.2, 0) is 11.3 Å². The lowest BCUT2D eigenvalue weighted by Crippen LogP contribution is -2.37. The lowest BCUT2D eigenvalue weighted by molar-refractivity contribution is 0.0465. The fourth-order valence-corrected chi connectivity index (χ4v) is 3.19. The van der Waals surface area contributed by atoms with Gasteiger partial charge in [-0.2, -0.15) is 0 Å². The molecule has 5 heteroatoms. The van der Waals surface area contributed by atoms with E-state index in [-0.39, 0.29) is 6.10 Å². The van der Waals surface area contributed by atoms with Crippen LogP contribution in [0.1, 0.15) is 18.4 Å². The quantitative estimate of drug-likeness (QED) is 0.723. The van der Waals surface area contributed by atoms with Crippen molar-refractivity contribution in [2.75, 3.05) is 38.8 Å². The number of ether oxygens (including phenoxy) is 1. The SMILES string of the molecule is COCCNCc1cccc(Cl)c1N(C)CC1CC(O)C1. The molecule has 4 nitrogen and oxygen atoms in total. The number of nitrogens with zero attached hydrogens (tertiary/aromatic N) is 1. The van der Waals surface area contributed by atoms with Gasteiger partial charge in [-0.25, -0.2) is 0 Å². The van der Waals surface area contributed by atoms with Crippen LogP contribution in [0.5, 0.6) is 0 Å². The normalized spacial score (nSPS) is 21.1. The van der Waals surface area contributed by atoms with E-state index in [1.54, 1.807) is 7.11 Å². The van der Waals surface area contributed by atoms with Crippen LogP contribution >= 0.6 is 11.6 Å². The van der Waals surface area contributed by atoms with Gasteiger partial charge in [-0.05, 0) is 30.4 Å². The van der Waals surface area contributed by atoms with Crippen LogP contribution in [0.25, 0.3) is 0 Å². The summed E-state index contributed by atoms with van der Waals surface area (Å²) in [5, 5.41) is 13.6. The molecule has 0 spiro atoms. The smallest absolute Gasteiger partial charge is 0.0642 e. The molecule has 0 unspecified atom stereocenters. The maximum atomic E-state index is 9.41. The molecule has 1 aliphatic rings. The number of hydrogen-bond donors (Lipinski definition) is 2. The van der Waals surface area contributed by atoms with Crippen LogP contribution < -0.4 is 10.2 Å². The third-order valence-electron chi connectivity index (χ3n) is 3.99. The van der Waals surface area contributed by atoms with Gasteiger partial charge in [-0.1, -0.05) is 23.7 Å². The van der Waals surface area contributed by atoms with E-state index in [0.29, 0.717) is 12.5 Å². The largest absolute Gasteiger partial charge is 0.393 e. The van der Waals surface area contributed by atoms with E-state index < -0.39 is 0 Å². The minimum atomic E-state index is -0.107. The summed E-state index contributed by atoms with van der Waals surface area (Å²) in [6, 6.07) is 6.02. The van der Waals surface area contributed by atoms with Crippen LogP contribution in [0.2, 0.25) is 5.02 Å². The fraction of sp³-hybridized carbons (Fsp3) is 0.625. The number of para-hydroxylation sites is 1. The summed E-state index contributed by atoms with van der Waals surface area (Å²) in [5.41, 5.74) is 2.28. The van der Waals surface area contributed by atoms with Crippen molar-refractivity contribution in [2.24, 2.45) is 5.92 Å². The van der Waals surface area contributed by atoms with Crippen molar-refractivity contribution in [1.29, 1.82) is 0 Å². The number of hydrogen-bond acceptors (Lipinski definition) is 4. The molecular formula is C16H25ClN2O2. The van der Waals surface area contributed by atoms with Crippen LogP contribution in [-0.4, -0.2) is 45.1 Å². The first-order valence-electron chi connectivity index (χ1n) is 7.48. The predicted octanol–water partition coefficient (Wildman–Crippen LogP) is 2.28. The van der Waals surface area contributed by atoms with Crippen LogP contribution in [0, 0.1) is 5.92 Å². The third-order valence-corrected chi connectivity index (χ3v) is 4.30. The monoisotopic (exact) mass is 312 g/mol. The molecule has 2 rings (SSSR count). The number of methoxy groups -OCH3 is 1. The molecular weight excluding hydrogens is 288 g/mol. The van der Waals surface area contributed by atoms with Gasteiger partial charge >= 0.3 is 0 Å². The van der Waals surface area contributed by atoms with Crippen LogP contribution in [0.15, 0.2) is 18.2 Å². The number of nitrogens with one attached hydrogen (secondary N) is 1. The zero-order valence-electron chi connectivity index (χ0n) is 12.8. The molecule has 1 saturated carbocycles. The van der Waals surface area contributed by atoms with Crippen molar-refractivity contribution in [2.45, 2.75) is 25.5 Å². The summed E-state index contributed by atoms with van der Waals surface area (Å²) in [4.78, 5) is 2.21. The lowest BCUT2D eigenvalue weighted by atomic mass is 9.82.